The Morgan fingerprint density at radius 3 is 2.88 bits per heavy atom. The van der Waals surface area contributed by atoms with E-state index in [2.05, 4.69) is 10.1 Å². The highest BCUT2D eigenvalue weighted by Gasteiger charge is 2.22. The highest BCUT2D eigenvalue weighted by atomic mass is 16.5. The van der Waals surface area contributed by atoms with Gasteiger partial charge in [-0.25, -0.2) is 0 Å². The number of nitrogens with zero attached hydrogens (tertiary/aromatic N) is 4. The summed E-state index contributed by atoms with van der Waals surface area (Å²) in [5.41, 5.74) is 2.62. The van der Waals surface area contributed by atoms with Crippen LogP contribution in [0.3, 0.4) is 0 Å². The molecule has 0 aliphatic rings. The summed E-state index contributed by atoms with van der Waals surface area (Å²) in [6.07, 6.45) is 1.84. The van der Waals surface area contributed by atoms with Gasteiger partial charge < -0.3 is 18.7 Å². The van der Waals surface area contributed by atoms with Crippen molar-refractivity contribution in [2.45, 2.75) is 13.3 Å². The number of hydrogen-bond acceptors (Lipinski definition) is 5. The molecule has 0 fully saturated rings. The Bertz CT molecular complexity index is 868. The van der Waals surface area contributed by atoms with Crippen LogP contribution in [-0.4, -0.2) is 46.2 Å². The molecule has 0 aliphatic carbocycles. The van der Waals surface area contributed by atoms with Gasteiger partial charge in [-0.2, -0.15) is 4.98 Å². The Hall–Kier alpha value is -2.83. The lowest BCUT2D eigenvalue weighted by Crippen LogP contribution is -2.29. The van der Waals surface area contributed by atoms with Crippen molar-refractivity contribution in [3.05, 3.63) is 41.7 Å². The van der Waals surface area contributed by atoms with Crippen LogP contribution in [0.5, 0.6) is 5.75 Å². The van der Waals surface area contributed by atoms with Gasteiger partial charge in [-0.1, -0.05) is 5.16 Å². The molecule has 24 heavy (non-hydrogen) atoms. The zero-order valence-corrected chi connectivity index (χ0v) is 14.2. The number of aromatic nitrogens is 3. The van der Waals surface area contributed by atoms with E-state index < -0.39 is 0 Å². The van der Waals surface area contributed by atoms with E-state index in [1.807, 2.05) is 36.7 Å². The number of rotatable bonds is 5. The number of ether oxygens (including phenoxy) is 1. The number of hydrogen-bond donors (Lipinski definition) is 0. The van der Waals surface area contributed by atoms with Crippen molar-refractivity contribution < 1.29 is 14.1 Å². The predicted octanol–water partition coefficient (Wildman–Crippen LogP) is 2.19. The van der Waals surface area contributed by atoms with Crippen molar-refractivity contribution in [3.63, 3.8) is 0 Å². The summed E-state index contributed by atoms with van der Waals surface area (Å²) in [6, 6.07) is 5.77. The van der Waals surface area contributed by atoms with E-state index >= 15 is 0 Å². The Labute approximate surface area is 139 Å². The van der Waals surface area contributed by atoms with Crippen molar-refractivity contribution in [1.82, 2.24) is 19.6 Å². The van der Waals surface area contributed by atoms with Gasteiger partial charge in [0.15, 0.2) is 5.82 Å². The number of methoxy groups -OCH3 is 1. The smallest absolute Gasteiger partial charge is 0.256 e. The van der Waals surface area contributed by atoms with Gasteiger partial charge in [0.2, 0.25) is 6.39 Å². The average Bonchev–Trinajstić information content (AvgIpc) is 3.19. The number of amides is 1. The molecule has 0 unspecified atom stereocenters. The van der Waals surface area contributed by atoms with Crippen LogP contribution >= 0.6 is 0 Å². The number of fused-ring (bicyclic) bond motifs is 1. The minimum atomic E-state index is -0.0325. The fourth-order valence-corrected chi connectivity index (χ4v) is 2.81. The molecule has 7 nitrogen and oxygen atoms in total. The summed E-state index contributed by atoms with van der Waals surface area (Å²) >= 11 is 0. The molecule has 7 heteroatoms. The molecule has 2 aromatic heterocycles. The maximum atomic E-state index is 13.0. The van der Waals surface area contributed by atoms with Crippen LogP contribution in [0.15, 0.2) is 29.1 Å². The Kier molecular flexibility index (Phi) is 4.24. The fourth-order valence-electron chi connectivity index (χ4n) is 2.81. The molecule has 0 spiro atoms. The van der Waals surface area contributed by atoms with Gasteiger partial charge in [0.1, 0.15) is 5.75 Å². The van der Waals surface area contributed by atoms with Crippen LogP contribution in [0, 0.1) is 6.92 Å². The molecule has 0 N–H and O–H groups in total. The average molecular weight is 328 g/mol. The fraction of sp³-hybridized carbons (Fsp3) is 0.353. The maximum Gasteiger partial charge on any atom is 0.256 e. The Balaban J connectivity index is 1.92. The number of aryl methyl sites for hydroxylation is 1. The normalized spacial score (nSPS) is 11.0. The molecular formula is C17H20N4O3. The Morgan fingerprint density at radius 2 is 2.21 bits per heavy atom. The van der Waals surface area contributed by atoms with Gasteiger partial charge in [0.25, 0.3) is 5.91 Å². The largest absolute Gasteiger partial charge is 0.497 e. The lowest BCUT2D eigenvalue weighted by molar-refractivity contribution is 0.0796. The second-order valence-electron chi connectivity index (χ2n) is 5.73. The monoisotopic (exact) mass is 328 g/mol. The van der Waals surface area contributed by atoms with Crippen molar-refractivity contribution in [2.75, 3.05) is 20.7 Å². The summed E-state index contributed by atoms with van der Waals surface area (Å²) in [6.45, 7) is 2.46. The van der Waals surface area contributed by atoms with E-state index in [4.69, 9.17) is 9.26 Å². The maximum absolute atomic E-state index is 13.0. The van der Waals surface area contributed by atoms with E-state index in [-0.39, 0.29) is 5.91 Å². The van der Waals surface area contributed by atoms with Crippen molar-refractivity contribution in [2.24, 2.45) is 7.05 Å². The zero-order valence-electron chi connectivity index (χ0n) is 14.2. The molecule has 0 bridgehead atoms. The minimum Gasteiger partial charge on any atom is -0.497 e. The molecule has 0 radical (unpaired) electrons. The molecule has 0 aliphatic heterocycles. The third-order valence-electron chi connectivity index (χ3n) is 4.34. The molecule has 3 rings (SSSR count). The molecule has 126 valence electrons. The van der Waals surface area contributed by atoms with E-state index in [0.29, 0.717) is 24.4 Å². The third kappa shape index (κ3) is 2.73. The second-order valence-corrected chi connectivity index (χ2v) is 5.73. The van der Waals surface area contributed by atoms with Gasteiger partial charge >= 0.3 is 0 Å². The molecular weight excluding hydrogens is 308 g/mol. The van der Waals surface area contributed by atoms with E-state index in [1.54, 1.807) is 19.1 Å². The molecule has 3 aromatic rings. The quantitative estimate of drug-likeness (QED) is 0.718. The minimum absolute atomic E-state index is 0.0325. The molecule has 0 saturated carbocycles. The summed E-state index contributed by atoms with van der Waals surface area (Å²) in [5, 5.41) is 4.66. The summed E-state index contributed by atoms with van der Waals surface area (Å²) < 4.78 is 12.0. The predicted molar refractivity (Wildman–Crippen MR) is 89.2 cm³/mol. The van der Waals surface area contributed by atoms with Crippen LogP contribution in [0.4, 0.5) is 0 Å². The third-order valence-corrected chi connectivity index (χ3v) is 4.34. The zero-order chi connectivity index (χ0) is 17.3. The summed E-state index contributed by atoms with van der Waals surface area (Å²) in [7, 11) is 5.36. The van der Waals surface area contributed by atoms with Gasteiger partial charge in [-0.05, 0) is 25.1 Å². The Morgan fingerprint density at radius 1 is 1.42 bits per heavy atom. The molecule has 0 atom stereocenters. The van der Waals surface area contributed by atoms with Gasteiger partial charge in [-0.15, -0.1) is 0 Å². The van der Waals surface area contributed by atoms with Crippen LogP contribution < -0.4 is 4.74 Å². The van der Waals surface area contributed by atoms with E-state index in [9.17, 15) is 4.79 Å². The molecule has 1 amide bonds. The van der Waals surface area contributed by atoms with Crippen LogP contribution in [0.1, 0.15) is 21.9 Å². The van der Waals surface area contributed by atoms with Gasteiger partial charge in [-0.3, -0.25) is 4.79 Å². The van der Waals surface area contributed by atoms with Crippen molar-refractivity contribution >= 4 is 16.8 Å². The second kappa shape index (κ2) is 6.35. The number of carbonyl (C=O) groups excluding carboxylic acids is 1. The van der Waals surface area contributed by atoms with Crippen LogP contribution in [0.25, 0.3) is 10.9 Å². The lowest BCUT2D eigenvalue weighted by Gasteiger charge is -2.16. The first-order valence-corrected chi connectivity index (χ1v) is 7.66. The number of carbonyl (C=O) groups is 1. The SMILES string of the molecule is COc1ccc2c(c1)c(C(=O)N(C)CCc1ncon1)c(C)n2C. The van der Waals surface area contributed by atoms with E-state index in [1.165, 1.54) is 6.39 Å². The first-order chi connectivity index (χ1) is 11.5. The molecule has 0 saturated heterocycles. The van der Waals surface area contributed by atoms with Crippen molar-refractivity contribution in [3.8, 4) is 5.75 Å². The molecule has 1 aromatic carbocycles. The van der Waals surface area contributed by atoms with Crippen LogP contribution in [0.2, 0.25) is 0 Å². The van der Waals surface area contributed by atoms with Crippen LogP contribution in [-0.2, 0) is 13.5 Å². The van der Waals surface area contributed by atoms with Crippen molar-refractivity contribution in [1.29, 1.82) is 0 Å². The van der Waals surface area contributed by atoms with E-state index in [0.717, 1.165) is 22.3 Å². The van der Waals surface area contributed by atoms with Gasteiger partial charge in [0, 0.05) is 43.7 Å². The van der Waals surface area contributed by atoms with Gasteiger partial charge in [0.05, 0.1) is 12.7 Å². The highest BCUT2D eigenvalue weighted by Crippen LogP contribution is 2.29. The lowest BCUT2D eigenvalue weighted by atomic mass is 10.1. The standard InChI is InChI=1S/C17H20N4O3/c1-11-16(13-9-12(23-4)5-6-14(13)21(11)3)17(22)20(2)8-7-15-18-10-24-19-15/h5-6,9-10H,7-8H2,1-4H3. The first-order valence-electron chi connectivity index (χ1n) is 7.66. The topological polar surface area (TPSA) is 73.4 Å². The number of likely N-dealkylation sites (N-methyl/N-ethyl adjacent to an activating group) is 1. The highest BCUT2D eigenvalue weighted by molar-refractivity contribution is 6.08. The molecule has 2 heterocycles. The first kappa shape index (κ1) is 16.0. The number of benzene rings is 1. The summed E-state index contributed by atoms with van der Waals surface area (Å²) in [5.74, 6) is 1.29. The summed E-state index contributed by atoms with van der Waals surface area (Å²) in [4.78, 5) is 18.6.